The highest BCUT2D eigenvalue weighted by Crippen LogP contribution is 2.20. The van der Waals surface area contributed by atoms with Crippen molar-refractivity contribution in [3.63, 3.8) is 0 Å². The van der Waals surface area contributed by atoms with Gasteiger partial charge in [0.15, 0.2) is 5.69 Å². The molecule has 0 aliphatic rings. The van der Waals surface area contributed by atoms with Crippen molar-refractivity contribution in [2.75, 3.05) is 20.1 Å². The molecule has 0 atom stereocenters. The van der Waals surface area contributed by atoms with Crippen molar-refractivity contribution < 1.29 is 4.79 Å². The van der Waals surface area contributed by atoms with Gasteiger partial charge >= 0.3 is 0 Å². The summed E-state index contributed by atoms with van der Waals surface area (Å²) in [5.74, 6) is -0.155. The van der Waals surface area contributed by atoms with E-state index in [1.807, 2.05) is 51.1 Å². The van der Waals surface area contributed by atoms with Crippen LogP contribution in [-0.4, -0.2) is 50.9 Å². The second kappa shape index (κ2) is 6.84. The normalized spacial score (nSPS) is 11.7. The van der Waals surface area contributed by atoms with Gasteiger partial charge in [0.25, 0.3) is 5.91 Å². The van der Waals surface area contributed by atoms with Gasteiger partial charge in [0.1, 0.15) is 0 Å². The van der Waals surface area contributed by atoms with E-state index in [-0.39, 0.29) is 11.3 Å². The van der Waals surface area contributed by atoms with E-state index in [4.69, 9.17) is 5.73 Å². The van der Waals surface area contributed by atoms with Gasteiger partial charge in [-0.2, -0.15) is 0 Å². The van der Waals surface area contributed by atoms with Crippen LogP contribution in [0.15, 0.2) is 36.5 Å². The van der Waals surface area contributed by atoms with Crippen molar-refractivity contribution in [1.29, 1.82) is 0 Å². The minimum absolute atomic E-state index is 0.153. The van der Waals surface area contributed by atoms with E-state index in [9.17, 15) is 4.79 Å². The molecule has 0 aliphatic heterocycles. The Morgan fingerprint density at radius 3 is 2.81 bits per heavy atom. The van der Waals surface area contributed by atoms with Crippen LogP contribution in [0.5, 0.6) is 0 Å². The smallest absolute Gasteiger partial charge is 0.276 e. The molecule has 0 radical (unpaired) electrons. The van der Waals surface area contributed by atoms with Crippen molar-refractivity contribution in [3.05, 3.63) is 47.9 Å². The predicted molar refractivity (Wildman–Crippen MR) is 101 cm³/mol. The summed E-state index contributed by atoms with van der Waals surface area (Å²) in [6.45, 7) is 6.97. The number of amides is 1. The molecule has 2 aromatic heterocycles. The van der Waals surface area contributed by atoms with Gasteiger partial charge in [-0.15, -0.1) is 5.10 Å². The number of benzene rings is 1. The van der Waals surface area contributed by atoms with Crippen LogP contribution in [0.2, 0.25) is 0 Å². The van der Waals surface area contributed by atoms with Crippen LogP contribution in [0, 0.1) is 12.3 Å². The summed E-state index contributed by atoms with van der Waals surface area (Å²) in [4.78, 5) is 18.7. The van der Waals surface area contributed by atoms with Crippen molar-refractivity contribution in [2.24, 2.45) is 11.1 Å². The molecule has 2 heterocycles. The number of fused-ring (bicyclic) bond motifs is 1. The number of carbonyl (C=O) groups is 1. The van der Waals surface area contributed by atoms with Crippen LogP contribution in [0.3, 0.4) is 0 Å². The Bertz CT molecular complexity index is 946. The Morgan fingerprint density at radius 1 is 1.31 bits per heavy atom. The van der Waals surface area contributed by atoms with Gasteiger partial charge in [0.05, 0.1) is 16.9 Å². The Kier molecular flexibility index (Phi) is 4.73. The monoisotopic (exact) mass is 352 g/mol. The lowest BCUT2D eigenvalue weighted by molar-refractivity contribution is 0.0734. The molecule has 2 N–H and O–H groups in total. The Balaban J connectivity index is 1.90. The summed E-state index contributed by atoms with van der Waals surface area (Å²) in [6.07, 6.45) is 1.76. The molecule has 1 amide bonds. The highest BCUT2D eigenvalue weighted by molar-refractivity contribution is 5.93. The molecule has 0 unspecified atom stereocenters. The molecule has 0 saturated carbocycles. The minimum Gasteiger partial charge on any atom is -0.340 e. The summed E-state index contributed by atoms with van der Waals surface area (Å²) in [6, 6.07) is 9.73. The molecule has 7 heteroatoms. The van der Waals surface area contributed by atoms with Crippen LogP contribution < -0.4 is 5.73 Å². The fourth-order valence-electron chi connectivity index (χ4n) is 2.93. The van der Waals surface area contributed by atoms with Gasteiger partial charge in [0, 0.05) is 25.2 Å². The van der Waals surface area contributed by atoms with Gasteiger partial charge < -0.3 is 10.6 Å². The number of hydrogen-bond donors (Lipinski definition) is 1. The van der Waals surface area contributed by atoms with E-state index in [1.54, 1.807) is 22.8 Å². The third-order valence-electron chi connectivity index (χ3n) is 4.49. The number of aromatic nitrogens is 4. The quantitative estimate of drug-likeness (QED) is 0.760. The zero-order chi connectivity index (χ0) is 18.9. The fraction of sp³-hybridized carbons (Fsp3) is 0.368. The third-order valence-corrected chi connectivity index (χ3v) is 4.49. The van der Waals surface area contributed by atoms with E-state index in [0.717, 1.165) is 16.6 Å². The maximum absolute atomic E-state index is 12.8. The molecule has 0 bridgehead atoms. The molecule has 0 fully saturated rings. The second-order valence-corrected chi connectivity index (χ2v) is 7.35. The highest BCUT2D eigenvalue weighted by Gasteiger charge is 2.25. The third kappa shape index (κ3) is 3.43. The maximum Gasteiger partial charge on any atom is 0.276 e. The van der Waals surface area contributed by atoms with Gasteiger partial charge in [-0.3, -0.25) is 9.78 Å². The number of pyridine rings is 1. The van der Waals surface area contributed by atoms with E-state index in [1.165, 1.54) is 0 Å². The van der Waals surface area contributed by atoms with Crippen LogP contribution in [-0.2, 0) is 0 Å². The van der Waals surface area contributed by atoms with E-state index in [0.29, 0.717) is 24.5 Å². The lowest BCUT2D eigenvalue weighted by Crippen LogP contribution is -2.40. The summed E-state index contributed by atoms with van der Waals surface area (Å²) >= 11 is 0. The number of hydrogen-bond acceptors (Lipinski definition) is 5. The first-order valence-corrected chi connectivity index (χ1v) is 8.55. The molecule has 26 heavy (non-hydrogen) atoms. The average Bonchev–Trinajstić information content (AvgIpc) is 3.01. The van der Waals surface area contributed by atoms with Crippen LogP contribution in [0.1, 0.15) is 30.0 Å². The molecular weight excluding hydrogens is 328 g/mol. The number of nitrogens with two attached hydrogens (primary N) is 1. The second-order valence-electron chi connectivity index (χ2n) is 7.35. The summed E-state index contributed by atoms with van der Waals surface area (Å²) in [5, 5.41) is 9.32. The SMILES string of the molecule is Cc1c(C(=O)N(C)CC(C)(C)CN)nnn1-c1ccc2ncccc2c1. The molecule has 136 valence electrons. The zero-order valence-corrected chi connectivity index (χ0v) is 15.6. The summed E-state index contributed by atoms with van der Waals surface area (Å²) in [5.41, 5.74) is 8.44. The minimum atomic E-state index is -0.155. The Hall–Kier alpha value is -2.80. The number of carbonyl (C=O) groups excluding carboxylic acids is 1. The largest absolute Gasteiger partial charge is 0.340 e. The van der Waals surface area contributed by atoms with Gasteiger partial charge in [-0.1, -0.05) is 25.1 Å². The topological polar surface area (TPSA) is 89.9 Å². The highest BCUT2D eigenvalue weighted by atomic mass is 16.2. The molecule has 1 aromatic carbocycles. The first-order chi connectivity index (χ1) is 12.3. The van der Waals surface area contributed by atoms with Crippen LogP contribution >= 0.6 is 0 Å². The van der Waals surface area contributed by atoms with E-state index >= 15 is 0 Å². The van der Waals surface area contributed by atoms with Crippen molar-refractivity contribution in [3.8, 4) is 5.69 Å². The lowest BCUT2D eigenvalue weighted by Gasteiger charge is -2.28. The van der Waals surface area contributed by atoms with Crippen molar-refractivity contribution in [1.82, 2.24) is 24.9 Å². The van der Waals surface area contributed by atoms with Crippen molar-refractivity contribution >= 4 is 16.8 Å². The first kappa shape index (κ1) is 18.0. The van der Waals surface area contributed by atoms with Gasteiger partial charge in [0.2, 0.25) is 0 Å². The Morgan fingerprint density at radius 2 is 2.08 bits per heavy atom. The molecule has 7 nitrogen and oxygen atoms in total. The van der Waals surface area contributed by atoms with Crippen LogP contribution in [0.25, 0.3) is 16.6 Å². The maximum atomic E-state index is 12.8. The van der Waals surface area contributed by atoms with E-state index < -0.39 is 0 Å². The number of rotatable bonds is 5. The molecule has 0 spiro atoms. The van der Waals surface area contributed by atoms with Crippen molar-refractivity contribution in [2.45, 2.75) is 20.8 Å². The fourth-order valence-corrected chi connectivity index (χ4v) is 2.93. The number of nitrogens with zero attached hydrogens (tertiary/aromatic N) is 5. The predicted octanol–water partition coefficient (Wildman–Crippen LogP) is 2.18. The standard InChI is InChI=1S/C19H24N6O/c1-13-17(18(26)24(4)12-19(2,3)11-20)22-23-25(13)15-7-8-16-14(10-15)6-5-9-21-16/h5-10H,11-12,20H2,1-4H3. The summed E-state index contributed by atoms with van der Waals surface area (Å²) < 4.78 is 1.68. The van der Waals surface area contributed by atoms with E-state index in [2.05, 4.69) is 15.3 Å². The zero-order valence-electron chi connectivity index (χ0n) is 15.6. The molecule has 3 aromatic rings. The Labute approximate surface area is 152 Å². The first-order valence-electron chi connectivity index (χ1n) is 8.55. The molecule has 0 aliphatic carbocycles. The molecule has 0 saturated heterocycles. The average molecular weight is 352 g/mol. The van der Waals surface area contributed by atoms with Crippen LogP contribution in [0.4, 0.5) is 0 Å². The molecular formula is C19H24N6O. The van der Waals surface area contributed by atoms with Gasteiger partial charge in [-0.05, 0) is 43.1 Å². The summed E-state index contributed by atoms with van der Waals surface area (Å²) in [7, 11) is 1.76. The lowest BCUT2D eigenvalue weighted by atomic mass is 9.93. The van der Waals surface area contributed by atoms with Gasteiger partial charge in [-0.25, -0.2) is 4.68 Å². The molecule has 3 rings (SSSR count).